The van der Waals surface area contributed by atoms with E-state index in [0.717, 1.165) is 40.4 Å². The Balaban J connectivity index is 1.37. The van der Waals surface area contributed by atoms with Crippen molar-refractivity contribution in [2.75, 3.05) is 13.1 Å². The number of aromatic nitrogens is 1. The molecule has 1 saturated carbocycles. The zero-order valence-electron chi connectivity index (χ0n) is 22.9. The standard InChI is InChI=1S/C32H37N3O3S/c1-32(2,3)26-13-17-28(18-14-26)39(37,38)35(27-15-16-27)23-31(36)34(22-24-9-5-4-6-10-24)20-19-25-21-33-30-12-8-7-11-29(25)30/h4-14,17-18,21,27,33H,15-16,19-20,22-23H2,1-3H3. The van der Waals surface area contributed by atoms with Gasteiger partial charge in [-0.1, -0.05) is 81.4 Å². The van der Waals surface area contributed by atoms with Gasteiger partial charge in [0.05, 0.1) is 11.4 Å². The number of sulfonamides is 1. The number of nitrogens with zero attached hydrogens (tertiary/aromatic N) is 2. The lowest BCUT2D eigenvalue weighted by Gasteiger charge is -2.28. The molecular weight excluding hydrogens is 506 g/mol. The number of benzene rings is 3. The molecule has 1 aliphatic carbocycles. The summed E-state index contributed by atoms with van der Waals surface area (Å²) in [5.74, 6) is -0.180. The number of carbonyl (C=O) groups excluding carboxylic acids is 1. The van der Waals surface area contributed by atoms with Gasteiger partial charge in [0, 0.05) is 36.2 Å². The van der Waals surface area contributed by atoms with E-state index in [1.54, 1.807) is 17.0 Å². The van der Waals surface area contributed by atoms with Crippen LogP contribution in [-0.4, -0.2) is 47.6 Å². The van der Waals surface area contributed by atoms with E-state index < -0.39 is 10.0 Å². The molecule has 1 amide bonds. The van der Waals surface area contributed by atoms with Crippen LogP contribution in [0.25, 0.3) is 10.9 Å². The maximum absolute atomic E-state index is 13.8. The van der Waals surface area contributed by atoms with E-state index >= 15 is 0 Å². The van der Waals surface area contributed by atoms with Crippen molar-refractivity contribution in [1.82, 2.24) is 14.2 Å². The van der Waals surface area contributed by atoms with Crippen molar-refractivity contribution in [3.05, 3.63) is 102 Å². The molecule has 6 nitrogen and oxygen atoms in total. The van der Waals surface area contributed by atoms with E-state index in [4.69, 9.17) is 0 Å². The van der Waals surface area contributed by atoms with Crippen molar-refractivity contribution >= 4 is 26.8 Å². The third-order valence-corrected chi connectivity index (χ3v) is 9.38. The van der Waals surface area contributed by atoms with Crippen LogP contribution in [0.5, 0.6) is 0 Å². The minimum atomic E-state index is -3.81. The lowest BCUT2D eigenvalue weighted by molar-refractivity contribution is -0.132. The Morgan fingerprint density at radius 1 is 0.923 bits per heavy atom. The number of fused-ring (bicyclic) bond motifs is 1. The first-order chi connectivity index (χ1) is 18.6. The summed E-state index contributed by atoms with van der Waals surface area (Å²) in [5, 5.41) is 1.14. The normalized spacial score (nSPS) is 14.2. The number of hydrogen-bond acceptors (Lipinski definition) is 3. The Labute approximate surface area is 231 Å². The van der Waals surface area contributed by atoms with Crippen LogP contribution in [0, 0.1) is 0 Å². The van der Waals surface area contributed by atoms with Gasteiger partial charge >= 0.3 is 0 Å². The highest BCUT2D eigenvalue weighted by Gasteiger charge is 2.40. The highest BCUT2D eigenvalue weighted by atomic mass is 32.2. The highest BCUT2D eigenvalue weighted by Crippen LogP contribution is 2.33. The summed E-state index contributed by atoms with van der Waals surface area (Å²) >= 11 is 0. The fourth-order valence-corrected chi connectivity index (χ4v) is 6.59. The Morgan fingerprint density at radius 3 is 2.26 bits per heavy atom. The van der Waals surface area contributed by atoms with Crippen molar-refractivity contribution in [2.45, 2.75) is 62.9 Å². The second-order valence-corrected chi connectivity index (χ2v) is 13.4. The third kappa shape index (κ3) is 6.26. The van der Waals surface area contributed by atoms with Crippen LogP contribution in [-0.2, 0) is 33.2 Å². The summed E-state index contributed by atoms with van der Waals surface area (Å²) in [6.45, 7) is 7.07. The van der Waals surface area contributed by atoms with E-state index in [-0.39, 0.29) is 28.8 Å². The van der Waals surface area contributed by atoms with Crippen molar-refractivity contribution in [3.8, 4) is 0 Å². The van der Waals surface area contributed by atoms with E-state index in [1.165, 1.54) is 4.31 Å². The van der Waals surface area contributed by atoms with Crippen molar-refractivity contribution in [2.24, 2.45) is 0 Å². The van der Waals surface area contributed by atoms with Crippen LogP contribution in [0.1, 0.15) is 50.3 Å². The molecule has 0 bridgehead atoms. The summed E-state index contributed by atoms with van der Waals surface area (Å²) < 4.78 is 28.9. The number of nitrogens with one attached hydrogen (secondary N) is 1. The highest BCUT2D eigenvalue weighted by molar-refractivity contribution is 7.89. The van der Waals surface area contributed by atoms with Gasteiger partial charge in [-0.25, -0.2) is 8.42 Å². The molecule has 1 N–H and O–H groups in total. The Morgan fingerprint density at radius 2 is 1.59 bits per heavy atom. The van der Waals surface area contributed by atoms with Crippen molar-refractivity contribution in [1.29, 1.82) is 0 Å². The largest absolute Gasteiger partial charge is 0.361 e. The van der Waals surface area contributed by atoms with Gasteiger partial charge in [-0.15, -0.1) is 0 Å². The van der Waals surface area contributed by atoms with Gasteiger partial charge in [0.25, 0.3) is 0 Å². The molecular formula is C32H37N3O3S. The Kier molecular flexibility index (Phi) is 7.65. The van der Waals surface area contributed by atoms with Crippen LogP contribution in [0.4, 0.5) is 0 Å². The average molecular weight is 544 g/mol. The molecule has 3 aromatic carbocycles. The molecule has 1 fully saturated rings. The van der Waals surface area contributed by atoms with Crippen LogP contribution in [0.15, 0.2) is 90.0 Å². The van der Waals surface area contributed by atoms with Crippen LogP contribution in [0.2, 0.25) is 0 Å². The molecule has 1 aliphatic rings. The second-order valence-electron chi connectivity index (χ2n) is 11.5. The van der Waals surface area contributed by atoms with Gasteiger partial charge in [0.2, 0.25) is 15.9 Å². The van der Waals surface area contributed by atoms with Crippen LogP contribution in [0.3, 0.4) is 0 Å². The molecule has 39 heavy (non-hydrogen) atoms. The van der Waals surface area contributed by atoms with Crippen molar-refractivity contribution < 1.29 is 13.2 Å². The van der Waals surface area contributed by atoms with E-state index in [0.29, 0.717) is 19.5 Å². The number of H-pyrrole nitrogens is 1. The predicted molar refractivity (Wildman–Crippen MR) is 156 cm³/mol. The molecule has 4 aromatic rings. The summed E-state index contributed by atoms with van der Waals surface area (Å²) in [6.07, 6.45) is 4.23. The zero-order valence-corrected chi connectivity index (χ0v) is 23.7. The molecule has 1 heterocycles. The van der Waals surface area contributed by atoms with E-state index in [2.05, 4.69) is 31.8 Å². The number of rotatable bonds is 10. The van der Waals surface area contributed by atoms with Crippen LogP contribution >= 0.6 is 0 Å². The van der Waals surface area contributed by atoms with E-state index in [1.807, 2.05) is 66.9 Å². The molecule has 1 aromatic heterocycles. The fourth-order valence-electron chi connectivity index (χ4n) is 4.96. The molecule has 0 aliphatic heterocycles. The molecule has 0 unspecified atom stereocenters. The van der Waals surface area contributed by atoms with E-state index in [9.17, 15) is 13.2 Å². The minimum Gasteiger partial charge on any atom is -0.361 e. The molecule has 0 atom stereocenters. The Hall–Kier alpha value is -3.42. The molecule has 7 heteroatoms. The maximum Gasteiger partial charge on any atom is 0.243 e. The van der Waals surface area contributed by atoms with Gasteiger partial charge in [0.15, 0.2) is 0 Å². The predicted octanol–water partition coefficient (Wildman–Crippen LogP) is 5.89. The molecule has 0 saturated heterocycles. The van der Waals surface area contributed by atoms with Gasteiger partial charge in [-0.3, -0.25) is 4.79 Å². The monoisotopic (exact) mass is 543 g/mol. The quantitative estimate of drug-likeness (QED) is 0.271. The summed E-state index contributed by atoms with van der Waals surface area (Å²) in [6, 6.07) is 25.0. The number of aromatic amines is 1. The number of para-hydroxylation sites is 1. The molecule has 0 spiro atoms. The lowest BCUT2D eigenvalue weighted by Crippen LogP contribution is -2.44. The smallest absolute Gasteiger partial charge is 0.243 e. The van der Waals surface area contributed by atoms with Crippen LogP contribution < -0.4 is 0 Å². The number of amides is 1. The van der Waals surface area contributed by atoms with Gasteiger partial charge in [-0.05, 0) is 59.6 Å². The molecule has 0 radical (unpaired) electrons. The molecule has 5 rings (SSSR count). The first-order valence-electron chi connectivity index (χ1n) is 13.6. The number of carbonyl (C=O) groups is 1. The first-order valence-corrected chi connectivity index (χ1v) is 15.1. The first kappa shape index (κ1) is 27.2. The second kappa shape index (κ2) is 11.0. The minimum absolute atomic E-state index is 0.0723. The van der Waals surface area contributed by atoms with Gasteiger partial charge in [0.1, 0.15) is 0 Å². The summed E-state index contributed by atoms with van der Waals surface area (Å²) in [7, 11) is -3.81. The summed E-state index contributed by atoms with van der Waals surface area (Å²) in [5.41, 5.74) is 4.22. The van der Waals surface area contributed by atoms with Gasteiger partial charge < -0.3 is 9.88 Å². The van der Waals surface area contributed by atoms with Crippen molar-refractivity contribution in [3.63, 3.8) is 0 Å². The maximum atomic E-state index is 13.8. The number of hydrogen-bond donors (Lipinski definition) is 1. The third-order valence-electron chi connectivity index (χ3n) is 7.47. The summed E-state index contributed by atoms with van der Waals surface area (Å²) in [4.78, 5) is 19.1. The Bertz CT molecular complexity index is 1530. The fraction of sp³-hybridized carbons (Fsp3) is 0.344. The lowest BCUT2D eigenvalue weighted by atomic mass is 9.87. The SMILES string of the molecule is CC(C)(C)c1ccc(S(=O)(=O)N(CC(=O)N(CCc2c[nH]c3ccccc23)Cc2ccccc2)C2CC2)cc1. The topological polar surface area (TPSA) is 73.5 Å². The van der Waals surface area contributed by atoms with Gasteiger partial charge in [-0.2, -0.15) is 4.31 Å². The average Bonchev–Trinajstić information content (AvgIpc) is 3.68. The zero-order chi connectivity index (χ0) is 27.6. The molecule has 204 valence electrons.